The van der Waals surface area contributed by atoms with E-state index in [0.29, 0.717) is 31.0 Å². The second-order valence-corrected chi connectivity index (χ2v) is 10.9. The average molecular weight is 649 g/mol. The number of H-pyrrole nitrogens is 2. The van der Waals surface area contributed by atoms with E-state index in [-0.39, 0.29) is 30.5 Å². The smallest absolute Gasteiger partial charge is 0.239 e. The average Bonchev–Trinajstić information content (AvgIpc) is 3.65. The van der Waals surface area contributed by atoms with E-state index in [2.05, 4.69) is 15.3 Å². The van der Waals surface area contributed by atoms with E-state index in [1.54, 1.807) is 6.07 Å². The third-order valence-electron chi connectivity index (χ3n) is 7.25. The first-order chi connectivity index (χ1) is 20.2. The molecule has 0 bridgehead atoms. The number of aromatic amines is 2. The summed E-state index contributed by atoms with van der Waals surface area (Å²) in [4.78, 5) is 32.6. The van der Waals surface area contributed by atoms with E-state index < -0.39 is 23.5 Å². The summed E-state index contributed by atoms with van der Waals surface area (Å²) in [5.41, 5.74) is 9.95. The summed E-state index contributed by atoms with van der Waals surface area (Å²) in [5, 5.41) is 6.35. The maximum atomic E-state index is 13.4. The molecular weight excluding hydrogens is 619 g/mol. The van der Waals surface area contributed by atoms with E-state index in [1.807, 2.05) is 42.7 Å². The number of aromatic nitrogens is 2. The monoisotopic (exact) mass is 647 g/mol. The second kappa shape index (κ2) is 14.2. The topological polar surface area (TPSA) is 107 Å². The molecule has 1 fully saturated rings. The fraction of sp³-hybridized carbons (Fsp3) is 0.226. The highest BCUT2D eigenvalue weighted by atomic mass is 35.5. The van der Waals surface area contributed by atoms with Crippen molar-refractivity contribution in [2.24, 2.45) is 11.7 Å². The molecule has 6 rings (SSSR count). The van der Waals surface area contributed by atoms with E-state index in [1.165, 1.54) is 15.8 Å². The van der Waals surface area contributed by atoms with Crippen LogP contribution < -0.4 is 16.0 Å². The summed E-state index contributed by atoms with van der Waals surface area (Å²) in [7, 11) is 0. The van der Waals surface area contributed by atoms with Crippen molar-refractivity contribution in [1.29, 1.82) is 0 Å². The molecule has 2 aromatic heterocycles. The number of rotatable bonds is 7. The van der Waals surface area contributed by atoms with Gasteiger partial charge < -0.3 is 25.9 Å². The zero-order chi connectivity index (χ0) is 29.8. The van der Waals surface area contributed by atoms with Gasteiger partial charge in [0.1, 0.15) is 17.6 Å². The minimum atomic E-state index is -0.862. The molecule has 0 spiro atoms. The molecule has 3 aromatic carbocycles. The number of hydrogen-bond acceptors (Lipinski definition) is 3. The standard InChI is InChI=1S/C21H18ClF2N3O2.C10H11ClN2.ClH/c22-13-1-2-19-18(7-13)12(11-26-19)3-5-25-20(28)17-4-6-27(21(17)29)16-9-14(23)8-15(24)10-16;11-8-1-2-10-9(5-8)7(3-4-12)6-13-10;/h1-2,7-11,17,26H,3-6H2,(H,25,28);1-2,5-6,13H,3-4,12H2;1H. The number of benzene rings is 3. The molecule has 1 atom stereocenters. The molecule has 12 heteroatoms. The molecule has 5 N–H and O–H groups in total. The highest BCUT2D eigenvalue weighted by Crippen LogP contribution is 2.27. The number of nitrogens with two attached hydrogens (primary N) is 1. The molecule has 5 aromatic rings. The van der Waals surface area contributed by atoms with Crippen LogP contribution in [0.15, 0.2) is 67.0 Å². The van der Waals surface area contributed by atoms with Crippen LogP contribution in [0.4, 0.5) is 14.5 Å². The second-order valence-electron chi connectivity index (χ2n) is 10.0. The minimum Gasteiger partial charge on any atom is -0.361 e. The predicted molar refractivity (Wildman–Crippen MR) is 170 cm³/mol. The van der Waals surface area contributed by atoms with Crippen LogP contribution in [0.1, 0.15) is 17.5 Å². The largest absolute Gasteiger partial charge is 0.361 e. The molecule has 2 amide bonds. The predicted octanol–water partition coefficient (Wildman–Crippen LogP) is 6.56. The molecular formula is C31H30Cl3F2N5O2. The van der Waals surface area contributed by atoms with Crippen molar-refractivity contribution < 1.29 is 18.4 Å². The van der Waals surface area contributed by atoms with Crippen molar-refractivity contribution in [2.45, 2.75) is 19.3 Å². The van der Waals surface area contributed by atoms with E-state index in [9.17, 15) is 18.4 Å². The molecule has 0 saturated carbocycles. The number of nitrogens with zero attached hydrogens (tertiary/aromatic N) is 1. The lowest BCUT2D eigenvalue weighted by Crippen LogP contribution is -2.37. The lowest BCUT2D eigenvalue weighted by molar-refractivity contribution is -0.132. The number of amides is 2. The van der Waals surface area contributed by atoms with Crippen molar-refractivity contribution in [1.82, 2.24) is 15.3 Å². The first-order valence-corrected chi connectivity index (χ1v) is 14.3. The Balaban J connectivity index is 0.000000253. The third-order valence-corrected chi connectivity index (χ3v) is 7.72. The number of hydrogen-bond donors (Lipinski definition) is 4. The zero-order valence-corrected chi connectivity index (χ0v) is 25.3. The summed E-state index contributed by atoms with van der Waals surface area (Å²) >= 11 is 11.9. The van der Waals surface area contributed by atoms with Gasteiger partial charge >= 0.3 is 0 Å². The molecule has 1 unspecified atom stereocenters. The number of halogens is 5. The molecule has 0 radical (unpaired) electrons. The SMILES string of the molecule is Cl.NCCc1c[nH]c2ccc(Cl)cc12.O=C(NCCc1c[nH]c2ccc(Cl)cc12)C1CCN(c2cc(F)cc(F)c2)C1=O. The van der Waals surface area contributed by atoms with Crippen LogP contribution in [-0.4, -0.2) is 41.4 Å². The Morgan fingerprint density at radius 1 is 0.907 bits per heavy atom. The van der Waals surface area contributed by atoms with Gasteiger partial charge in [0.2, 0.25) is 11.8 Å². The quantitative estimate of drug-likeness (QED) is 0.150. The molecule has 3 heterocycles. The number of carbonyl (C=O) groups excluding carboxylic acids is 2. The Labute approximate surface area is 263 Å². The van der Waals surface area contributed by atoms with Crippen molar-refractivity contribution in [3.05, 3.63) is 99.8 Å². The Morgan fingerprint density at radius 2 is 1.47 bits per heavy atom. The van der Waals surface area contributed by atoms with E-state index >= 15 is 0 Å². The first-order valence-electron chi connectivity index (χ1n) is 13.5. The van der Waals surface area contributed by atoms with Gasteiger partial charge in [-0.3, -0.25) is 9.59 Å². The summed E-state index contributed by atoms with van der Waals surface area (Å²) in [6.07, 6.45) is 5.62. The molecule has 43 heavy (non-hydrogen) atoms. The van der Waals surface area contributed by atoms with Crippen LogP contribution >= 0.6 is 35.6 Å². The Bertz CT molecular complexity index is 1740. The highest BCUT2D eigenvalue weighted by molar-refractivity contribution is 6.31. The van der Waals surface area contributed by atoms with Gasteiger partial charge in [-0.1, -0.05) is 23.2 Å². The van der Waals surface area contributed by atoms with Crippen molar-refractivity contribution in [2.75, 3.05) is 24.5 Å². The normalized spacial score (nSPS) is 14.5. The van der Waals surface area contributed by atoms with Crippen molar-refractivity contribution >= 4 is 74.9 Å². The Kier molecular flexibility index (Phi) is 10.7. The zero-order valence-electron chi connectivity index (χ0n) is 22.9. The van der Waals surface area contributed by atoms with Crippen molar-refractivity contribution in [3.63, 3.8) is 0 Å². The number of carbonyl (C=O) groups is 2. The van der Waals surface area contributed by atoms with Gasteiger partial charge in [-0.05, 0) is 85.5 Å². The van der Waals surface area contributed by atoms with Crippen LogP contribution in [0.2, 0.25) is 10.0 Å². The summed E-state index contributed by atoms with van der Waals surface area (Å²) in [6, 6.07) is 14.3. The van der Waals surface area contributed by atoms with Gasteiger partial charge in [0.05, 0.1) is 0 Å². The molecule has 1 saturated heterocycles. The van der Waals surface area contributed by atoms with E-state index in [4.69, 9.17) is 28.9 Å². The first kappa shape index (κ1) is 32.3. The van der Waals surface area contributed by atoms with Crippen LogP contribution in [0, 0.1) is 17.6 Å². The fourth-order valence-corrected chi connectivity index (χ4v) is 5.53. The molecule has 7 nitrogen and oxygen atoms in total. The van der Waals surface area contributed by atoms with Gasteiger partial charge in [0, 0.05) is 69.1 Å². The Hall–Kier alpha value is -3.63. The summed E-state index contributed by atoms with van der Waals surface area (Å²) in [6.45, 7) is 1.26. The maximum Gasteiger partial charge on any atom is 0.239 e. The number of nitrogens with one attached hydrogen (secondary N) is 3. The van der Waals surface area contributed by atoms with Crippen LogP contribution in [0.5, 0.6) is 0 Å². The van der Waals surface area contributed by atoms with Crippen LogP contribution in [0.3, 0.4) is 0 Å². The van der Waals surface area contributed by atoms with Crippen LogP contribution in [0.25, 0.3) is 21.8 Å². The number of fused-ring (bicyclic) bond motifs is 2. The molecule has 1 aliphatic rings. The highest BCUT2D eigenvalue weighted by Gasteiger charge is 2.37. The summed E-state index contributed by atoms with van der Waals surface area (Å²) < 4.78 is 26.9. The van der Waals surface area contributed by atoms with Gasteiger partial charge in [-0.25, -0.2) is 8.78 Å². The fourth-order valence-electron chi connectivity index (χ4n) is 5.19. The van der Waals surface area contributed by atoms with Gasteiger partial charge in [-0.15, -0.1) is 12.4 Å². The molecule has 0 aliphatic carbocycles. The lowest BCUT2D eigenvalue weighted by Gasteiger charge is -2.17. The third kappa shape index (κ3) is 7.48. The van der Waals surface area contributed by atoms with Crippen LogP contribution in [-0.2, 0) is 22.4 Å². The minimum absolute atomic E-state index is 0. The van der Waals surface area contributed by atoms with Gasteiger partial charge in [0.15, 0.2) is 0 Å². The maximum absolute atomic E-state index is 13.4. The van der Waals surface area contributed by atoms with Crippen molar-refractivity contribution in [3.8, 4) is 0 Å². The molecule has 226 valence electrons. The summed E-state index contributed by atoms with van der Waals surface area (Å²) in [5.74, 6) is -3.23. The lowest BCUT2D eigenvalue weighted by atomic mass is 10.1. The number of anilines is 1. The molecule has 1 aliphatic heterocycles. The van der Waals surface area contributed by atoms with Gasteiger partial charge in [0.25, 0.3) is 0 Å². The van der Waals surface area contributed by atoms with Gasteiger partial charge in [-0.2, -0.15) is 0 Å². The van der Waals surface area contributed by atoms with E-state index in [0.717, 1.165) is 51.6 Å². The Morgan fingerprint density at radius 3 is 2.02 bits per heavy atom.